The molecule has 0 radical (unpaired) electrons. The van der Waals surface area contributed by atoms with E-state index in [0.29, 0.717) is 0 Å². The maximum absolute atomic E-state index is 11.0. The summed E-state index contributed by atoms with van der Waals surface area (Å²) in [5.41, 5.74) is 3.19. The molecule has 0 amide bonds. The number of rotatable bonds is 3. The Hall–Kier alpha value is -1.31. The number of aldehydes is 1. The number of hydrogen-bond donors (Lipinski definition) is 0. The highest BCUT2D eigenvalue weighted by molar-refractivity contribution is 5.73. The van der Waals surface area contributed by atoms with Crippen molar-refractivity contribution in [2.24, 2.45) is 0 Å². The predicted molar refractivity (Wildman–Crippen MR) is 59.4 cm³/mol. The Bertz CT molecular complexity index is 380. The van der Waals surface area contributed by atoms with Gasteiger partial charge in [-0.15, -0.1) is 0 Å². The summed E-state index contributed by atoms with van der Waals surface area (Å²) in [6.45, 7) is 4.05. The lowest BCUT2D eigenvalue weighted by molar-refractivity contribution is -0.109. The van der Waals surface area contributed by atoms with Gasteiger partial charge in [-0.25, -0.2) is 0 Å². The molecule has 0 aliphatic heterocycles. The molecule has 1 saturated carbocycles. The smallest absolute Gasteiger partial charge is 0.130 e. The van der Waals surface area contributed by atoms with Gasteiger partial charge in [0.1, 0.15) is 12.0 Å². The second-order valence-corrected chi connectivity index (χ2v) is 4.42. The molecule has 80 valence electrons. The normalized spacial score (nSPS) is 17.3. The van der Waals surface area contributed by atoms with Crippen LogP contribution in [0.25, 0.3) is 0 Å². The molecule has 0 atom stereocenters. The molecule has 1 aromatic carbocycles. The topological polar surface area (TPSA) is 26.3 Å². The minimum atomic E-state index is -0.179. The first kappa shape index (κ1) is 10.2. The van der Waals surface area contributed by atoms with Crippen LogP contribution in [-0.2, 0) is 10.2 Å². The van der Waals surface area contributed by atoms with Crippen molar-refractivity contribution in [2.45, 2.75) is 32.1 Å². The number of carbonyl (C=O) groups excluding carboxylic acids is 1. The lowest BCUT2D eigenvalue weighted by atomic mass is 9.93. The summed E-state index contributed by atoms with van der Waals surface area (Å²) in [4.78, 5) is 11.0. The SMILES string of the molecule is COc1c(C)cc(C2(C=O)CC2)cc1C. The minimum absolute atomic E-state index is 0.179. The molecule has 2 rings (SSSR count). The third-order valence-electron chi connectivity index (χ3n) is 3.25. The largest absolute Gasteiger partial charge is 0.496 e. The van der Waals surface area contributed by atoms with E-state index >= 15 is 0 Å². The Balaban J connectivity index is 2.48. The van der Waals surface area contributed by atoms with Crippen LogP contribution in [0.15, 0.2) is 12.1 Å². The third-order valence-corrected chi connectivity index (χ3v) is 3.25. The first-order chi connectivity index (χ1) is 7.13. The molecule has 15 heavy (non-hydrogen) atoms. The highest BCUT2D eigenvalue weighted by Gasteiger charge is 2.44. The summed E-state index contributed by atoms with van der Waals surface area (Å²) in [5, 5.41) is 0. The Morgan fingerprint density at radius 2 is 1.80 bits per heavy atom. The van der Waals surface area contributed by atoms with Gasteiger partial charge in [0.15, 0.2) is 0 Å². The summed E-state index contributed by atoms with van der Waals surface area (Å²) < 4.78 is 5.31. The number of benzene rings is 1. The van der Waals surface area contributed by atoms with Gasteiger partial charge in [0.05, 0.1) is 12.5 Å². The molecule has 1 aliphatic carbocycles. The Kier molecular flexibility index (Phi) is 2.29. The number of hydrogen-bond acceptors (Lipinski definition) is 2. The van der Waals surface area contributed by atoms with Gasteiger partial charge in [-0.3, -0.25) is 0 Å². The first-order valence-electron chi connectivity index (χ1n) is 5.25. The fraction of sp³-hybridized carbons (Fsp3) is 0.462. The van der Waals surface area contributed by atoms with Crippen LogP contribution in [0.1, 0.15) is 29.5 Å². The average Bonchev–Trinajstić information content (AvgIpc) is 2.97. The van der Waals surface area contributed by atoms with Crippen molar-refractivity contribution in [1.82, 2.24) is 0 Å². The van der Waals surface area contributed by atoms with Gasteiger partial charge in [-0.2, -0.15) is 0 Å². The Morgan fingerprint density at radius 3 is 2.13 bits per heavy atom. The molecule has 1 aromatic rings. The summed E-state index contributed by atoms with van der Waals surface area (Å²) in [6, 6.07) is 4.15. The van der Waals surface area contributed by atoms with Crippen LogP contribution in [0, 0.1) is 13.8 Å². The maximum Gasteiger partial charge on any atom is 0.130 e. The van der Waals surface area contributed by atoms with E-state index in [-0.39, 0.29) is 5.41 Å². The second-order valence-electron chi connectivity index (χ2n) is 4.42. The van der Waals surface area contributed by atoms with Crippen molar-refractivity contribution in [3.05, 3.63) is 28.8 Å². The highest BCUT2D eigenvalue weighted by atomic mass is 16.5. The lowest BCUT2D eigenvalue weighted by Crippen LogP contribution is -2.09. The molecule has 0 N–H and O–H groups in total. The van der Waals surface area contributed by atoms with Crippen molar-refractivity contribution in [2.75, 3.05) is 7.11 Å². The van der Waals surface area contributed by atoms with E-state index in [1.807, 2.05) is 13.8 Å². The molecule has 0 saturated heterocycles. The van der Waals surface area contributed by atoms with Crippen molar-refractivity contribution in [3.63, 3.8) is 0 Å². The van der Waals surface area contributed by atoms with Gasteiger partial charge in [0.2, 0.25) is 0 Å². The van der Waals surface area contributed by atoms with E-state index < -0.39 is 0 Å². The van der Waals surface area contributed by atoms with E-state index in [0.717, 1.165) is 41.6 Å². The van der Waals surface area contributed by atoms with Crippen LogP contribution in [0.3, 0.4) is 0 Å². The van der Waals surface area contributed by atoms with Crippen molar-refractivity contribution < 1.29 is 9.53 Å². The molecule has 0 unspecified atom stereocenters. The molecule has 1 aliphatic rings. The van der Waals surface area contributed by atoms with Gasteiger partial charge in [-0.1, -0.05) is 12.1 Å². The van der Waals surface area contributed by atoms with Gasteiger partial charge in [0, 0.05) is 0 Å². The minimum Gasteiger partial charge on any atom is -0.496 e. The van der Waals surface area contributed by atoms with E-state index in [4.69, 9.17) is 4.74 Å². The van der Waals surface area contributed by atoms with Crippen LogP contribution in [-0.4, -0.2) is 13.4 Å². The standard InChI is InChI=1S/C13H16O2/c1-9-6-11(13(8-14)4-5-13)7-10(2)12(9)15-3/h6-8H,4-5H2,1-3H3. The summed E-state index contributed by atoms with van der Waals surface area (Å²) in [7, 11) is 1.68. The van der Waals surface area contributed by atoms with Crippen molar-refractivity contribution in [3.8, 4) is 5.75 Å². The van der Waals surface area contributed by atoms with E-state index in [2.05, 4.69) is 12.1 Å². The number of ether oxygens (including phenoxy) is 1. The zero-order valence-electron chi connectivity index (χ0n) is 9.46. The zero-order chi connectivity index (χ0) is 11.1. The van der Waals surface area contributed by atoms with Crippen molar-refractivity contribution >= 4 is 6.29 Å². The summed E-state index contributed by atoms with van der Waals surface area (Å²) in [5.74, 6) is 0.931. The molecule has 0 aromatic heterocycles. The summed E-state index contributed by atoms with van der Waals surface area (Å²) >= 11 is 0. The van der Waals surface area contributed by atoms with Crippen LogP contribution in [0.2, 0.25) is 0 Å². The van der Waals surface area contributed by atoms with E-state index in [1.54, 1.807) is 7.11 Å². The molecule has 0 heterocycles. The molecule has 0 bridgehead atoms. The zero-order valence-corrected chi connectivity index (χ0v) is 9.46. The molecule has 1 fully saturated rings. The Labute approximate surface area is 90.3 Å². The van der Waals surface area contributed by atoms with Crippen LogP contribution >= 0.6 is 0 Å². The third kappa shape index (κ3) is 1.54. The van der Waals surface area contributed by atoms with E-state index in [1.165, 1.54) is 0 Å². The molecular weight excluding hydrogens is 188 g/mol. The van der Waals surface area contributed by atoms with Crippen LogP contribution in [0.5, 0.6) is 5.75 Å². The monoisotopic (exact) mass is 204 g/mol. The fourth-order valence-electron chi connectivity index (χ4n) is 2.17. The molecule has 2 heteroatoms. The van der Waals surface area contributed by atoms with Gasteiger partial charge in [0.25, 0.3) is 0 Å². The predicted octanol–water partition coefficient (Wildman–Crippen LogP) is 2.54. The van der Waals surface area contributed by atoms with Gasteiger partial charge in [-0.05, 0) is 43.4 Å². The average molecular weight is 204 g/mol. The van der Waals surface area contributed by atoms with E-state index in [9.17, 15) is 4.79 Å². The molecular formula is C13H16O2. The highest BCUT2D eigenvalue weighted by Crippen LogP contribution is 2.47. The Morgan fingerprint density at radius 1 is 1.27 bits per heavy atom. The number of carbonyl (C=O) groups is 1. The number of aryl methyl sites for hydroxylation is 2. The van der Waals surface area contributed by atoms with Gasteiger partial charge >= 0.3 is 0 Å². The molecule has 0 spiro atoms. The van der Waals surface area contributed by atoms with Crippen LogP contribution in [0.4, 0.5) is 0 Å². The summed E-state index contributed by atoms with van der Waals surface area (Å²) in [6.07, 6.45) is 3.07. The maximum atomic E-state index is 11.0. The number of methoxy groups -OCH3 is 1. The quantitative estimate of drug-likeness (QED) is 0.707. The first-order valence-corrected chi connectivity index (χ1v) is 5.25. The van der Waals surface area contributed by atoms with Crippen molar-refractivity contribution in [1.29, 1.82) is 0 Å². The fourth-order valence-corrected chi connectivity index (χ4v) is 2.17. The lowest BCUT2D eigenvalue weighted by Gasteiger charge is -2.14. The van der Waals surface area contributed by atoms with Crippen LogP contribution < -0.4 is 4.74 Å². The second kappa shape index (κ2) is 3.37. The van der Waals surface area contributed by atoms with Gasteiger partial charge < -0.3 is 9.53 Å². The molecule has 2 nitrogen and oxygen atoms in total.